The second-order valence-electron chi connectivity index (χ2n) is 6.09. The maximum atomic E-state index is 11.3. The lowest BCUT2D eigenvalue weighted by Crippen LogP contribution is -2.20. The molecule has 0 aliphatic carbocycles. The fourth-order valence-corrected chi connectivity index (χ4v) is 2.95. The predicted octanol–water partition coefficient (Wildman–Crippen LogP) is 3.02. The minimum absolute atomic E-state index is 0.145. The summed E-state index contributed by atoms with van der Waals surface area (Å²) in [6, 6.07) is 16.0. The van der Waals surface area contributed by atoms with Crippen LogP contribution in [-0.2, 0) is 11.3 Å². The third-order valence-corrected chi connectivity index (χ3v) is 4.27. The fourth-order valence-electron chi connectivity index (χ4n) is 2.95. The van der Waals surface area contributed by atoms with E-state index in [2.05, 4.69) is 5.32 Å². The van der Waals surface area contributed by atoms with Gasteiger partial charge in [-0.15, -0.1) is 0 Å². The van der Waals surface area contributed by atoms with E-state index in [0.717, 1.165) is 16.3 Å². The highest BCUT2D eigenvalue weighted by Crippen LogP contribution is 2.31. The molecule has 0 radical (unpaired) electrons. The molecule has 0 heterocycles. The summed E-state index contributed by atoms with van der Waals surface area (Å²) >= 11 is 0. The monoisotopic (exact) mass is 380 g/mol. The summed E-state index contributed by atoms with van der Waals surface area (Å²) < 4.78 is 10.9. The number of aromatic carboxylic acids is 1. The summed E-state index contributed by atoms with van der Waals surface area (Å²) in [5.74, 6) is -0.549. The molecule has 4 N–H and O–H groups in total. The first-order chi connectivity index (χ1) is 13.5. The van der Waals surface area contributed by atoms with Gasteiger partial charge in [0, 0.05) is 12.1 Å². The minimum atomic E-state index is -1.03. The van der Waals surface area contributed by atoms with E-state index in [9.17, 15) is 14.7 Å². The molecule has 7 heteroatoms. The number of carbonyl (C=O) groups is 2. The Morgan fingerprint density at radius 1 is 1.07 bits per heavy atom. The van der Waals surface area contributed by atoms with Crippen LogP contribution in [0.2, 0.25) is 0 Å². The van der Waals surface area contributed by atoms with Crippen LogP contribution in [0.1, 0.15) is 15.9 Å². The highest BCUT2D eigenvalue weighted by atomic mass is 16.5. The van der Waals surface area contributed by atoms with Crippen LogP contribution >= 0.6 is 0 Å². The van der Waals surface area contributed by atoms with Crippen molar-refractivity contribution in [1.82, 2.24) is 0 Å². The average molecular weight is 380 g/mol. The topological polar surface area (TPSA) is 111 Å². The van der Waals surface area contributed by atoms with Crippen molar-refractivity contribution in [2.45, 2.75) is 6.54 Å². The van der Waals surface area contributed by atoms with Gasteiger partial charge in [0.25, 0.3) is 5.91 Å². The average Bonchev–Trinajstić information content (AvgIpc) is 2.70. The van der Waals surface area contributed by atoms with Crippen molar-refractivity contribution in [3.63, 3.8) is 0 Å². The Labute approximate surface area is 161 Å². The molecule has 0 aliphatic heterocycles. The van der Waals surface area contributed by atoms with Gasteiger partial charge < -0.3 is 25.6 Å². The Hall–Kier alpha value is -3.74. The van der Waals surface area contributed by atoms with E-state index in [4.69, 9.17) is 15.2 Å². The lowest BCUT2D eigenvalue weighted by Gasteiger charge is -2.16. The third kappa shape index (κ3) is 4.15. The summed E-state index contributed by atoms with van der Waals surface area (Å²) in [4.78, 5) is 22.4. The smallest absolute Gasteiger partial charge is 0.335 e. The Kier molecular flexibility index (Phi) is 5.64. The molecule has 3 rings (SSSR count). The van der Waals surface area contributed by atoms with Crippen molar-refractivity contribution < 1.29 is 24.2 Å². The molecule has 1 amide bonds. The van der Waals surface area contributed by atoms with Crippen LogP contribution < -0.4 is 20.5 Å². The molecule has 0 fully saturated rings. The van der Waals surface area contributed by atoms with Crippen molar-refractivity contribution >= 4 is 28.3 Å². The molecule has 3 aromatic rings. The zero-order chi connectivity index (χ0) is 20.1. The number of ether oxygens (including phenoxy) is 2. The number of carboxylic acids is 1. The number of nitrogens with one attached hydrogen (secondary N) is 1. The third-order valence-electron chi connectivity index (χ3n) is 4.27. The van der Waals surface area contributed by atoms with Gasteiger partial charge in [-0.1, -0.05) is 30.3 Å². The number of carbonyl (C=O) groups excluding carboxylic acids is 1. The number of nitrogens with two attached hydrogens (primary N) is 1. The van der Waals surface area contributed by atoms with Gasteiger partial charge >= 0.3 is 5.97 Å². The first-order valence-corrected chi connectivity index (χ1v) is 8.56. The standard InChI is InChI=1S/C21H20N2O5/c1-27-19-9-7-14(21(25)26)10-17(19)23-11-16-15-5-3-2-4-13(15)6-8-18(16)28-12-20(22)24/h2-10,23H,11-12H2,1H3,(H2,22,24)(H,25,26). The van der Waals surface area contributed by atoms with E-state index in [0.29, 0.717) is 23.7 Å². The van der Waals surface area contributed by atoms with Gasteiger partial charge in [0.1, 0.15) is 11.5 Å². The van der Waals surface area contributed by atoms with E-state index in [1.54, 1.807) is 12.1 Å². The molecule has 0 aliphatic rings. The molecule has 7 nitrogen and oxygen atoms in total. The van der Waals surface area contributed by atoms with Crippen molar-refractivity contribution in [2.75, 3.05) is 19.0 Å². The molecule has 144 valence electrons. The van der Waals surface area contributed by atoms with Gasteiger partial charge in [-0.2, -0.15) is 0 Å². The Bertz CT molecular complexity index is 1030. The number of fused-ring (bicyclic) bond motifs is 1. The van der Waals surface area contributed by atoms with Crippen LogP contribution in [0, 0.1) is 0 Å². The maximum Gasteiger partial charge on any atom is 0.335 e. The zero-order valence-corrected chi connectivity index (χ0v) is 15.3. The molecule has 3 aromatic carbocycles. The van der Waals surface area contributed by atoms with Crippen molar-refractivity contribution in [1.29, 1.82) is 0 Å². The molecular weight excluding hydrogens is 360 g/mol. The Morgan fingerprint density at radius 2 is 1.82 bits per heavy atom. The number of hydrogen-bond acceptors (Lipinski definition) is 5. The SMILES string of the molecule is COc1ccc(C(=O)O)cc1NCc1c(OCC(N)=O)ccc2ccccc12. The minimum Gasteiger partial charge on any atom is -0.495 e. The largest absolute Gasteiger partial charge is 0.495 e. The predicted molar refractivity (Wildman–Crippen MR) is 106 cm³/mol. The van der Waals surface area contributed by atoms with Crippen molar-refractivity contribution in [3.8, 4) is 11.5 Å². The van der Waals surface area contributed by atoms with Gasteiger partial charge in [0.2, 0.25) is 0 Å². The Balaban J connectivity index is 1.97. The van der Waals surface area contributed by atoms with Crippen LogP contribution in [0.4, 0.5) is 5.69 Å². The summed E-state index contributed by atoms with van der Waals surface area (Å²) in [7, 11) is 1.51. The van der Waals surface area contributed by atoms with Crippen LogP contribution in [0.25, 0.3) is 10.8 Å². The highest BCUT2D eigenvalue weighted by Gasteiger charge is 2.13. The molecule has 0 spiro atoms. The van der Waals surface area contributed by atoms with E-state index >= 15 is 0 Å². The van der Waals surface area contributed by atoms with E-state index in [-0.39, 0.29) is 12.2 Å². The summed E-state index contributed by atoms with van der Waals surface area (Å²) in [5, 5.41) is 14.4. The van der Waals surface area contributed by atoms with Gasteiger partial charge in [-0.3, -0.25) is 4.79 Å². The first-order valence-electron chi connectivity index (χ1n) is 8.56. The summed E-state index contributed by atoms with van der Waals surface area (Å²) in [5.41, 5.74) is 6.70. The summed E-state index contributed by atoms with van der Waals surface area (Å²) in [6.07, 6.45) is 0. The molecule has 0 aromatic heterocycles. The van der Waals surface area contributed by atoms with Crippen LogP contribution in [-0.4, -0.2) is 30.7 Å². The normalized spacial score (nSPS) is 10.5. The van der Waals surface area contributed by atoms with Crippen LogP contribution in [0.5, 0.6) is 11.5 Å². The molecule has 0 saturated carbocycles. The van der Waals surface area contributed by atoms with Crippen LogP contribution in [0.15, 0.2) is 54.6 Å². The number of benzene rings is 3. The molecule has 28 heavy (non-hydrogen) atoms. The number of anilines is 1. The lowest BCUT2D eigenvalue weighted by molar-refractivity contribution is -0.119. The van der Waals surface area contributed by atoms with Gasteiger partial charge in [-0.25, -0.2) is 4.79 Å². The number of hydrogen-bond donors (Lipinski definition) is 3. The number of methoxy groups -OCH3 is 1. The van der Waals surface area contributed by atoms with Crippen molar-refractivity contribution in [3.05, 3.63) is 65.7 Å². The maximum absolute atomic E-state index is 11.3. The lowest BCUT2D eigenvalue weighted by atomic mass is 10.0. The molecule has 0 bridgehead atoms. The number of rotatable bonds is 8. The van der Waals surface area contributed by atoms with Crippen molar-refractivity contribution in [2.24, 2.45) is 5.73 Å². The van der Waals surface area contributed by atoms with Gasteiger partial charge in [0.15, 0.2) is 6.61 Å². The second-order valence-corrected chi connectivity index (χ2v) is 6.09. The van der Waals surface area contributed by atoms with Gasteiger partial charge in [-0.05, 0) is 35.0 Å². The van der Waals surface area contributed by atoms with Gasteiger partial charge in [0.05, 0.1) is 18.4 Å². The number of carboxylic acid groups (broad SMARTS) is 1. The Morgan fingerprint density at radius 3 is 2.54 bits per heavy atom. The number of primary amides is 1. The highest BCUT2D eigenvalue weighted by molar-refractivity contribution is 5.90. The molecule has 0 unspecified atom stereocenters. The van der Waals surface area contributed by atoms with Crippen LogP contribution in [0.3, 0.4) is 0 Å². The first kappa shape index (κ1) is 19.0. The van der Waals surface area contributed by atoms with E-state index < -0.39 is 11.9 Å². The van der Waals surface area contributed by atoms with E-state index in [1.807, 2.05) is 30.3 Å². The summed E-state index contributed by atoms with van der Waals surface area (Å²) in [6.45, 7) is 0.0953. The number of amides is 1. The molecule has 0 atom stereocenters. The van der Waals surface area contributed by atoms with E-state index in [1.165, 1.54) is 19.2 Å². The molecular formula is C21H20N2O5. The molecule has 0 saturated heterocycles. The second kappa shape index (κ2) is 8.30. The quantitative estimate of drug-likeness (QED) is 0.554. The zero-order valence-electron chi connectivity index (χ0n) is 15.3. The fraction of sp³-hybridized carbons (Fsp3) is 0.143.